The van der Waals surface area contributed by atoms with Gasteiger partial charge in [0.05, 0.1) is 37.8 Å². The minimum atomic E-state index is -0.514. The highest BCUT2D eigenvalue weighted by atomic mass is 32.1. The molecule has 0 saturated carbocycles. The number of rotatable bonds is 8. The number of hydrogen-bond acceptors (Lipinski definition) is 8. The lowest BCUT2D eigenvalue weighted by Crippen LogP contribution is -2.34. The predicted octanol–water partition coefficient (Wildman–Crippen LogP) is 3.27. The minimum Gasteiger partial charge on any atom is -0.496 e. The molecular formula is C20H22N4O4S. The van der Waals surface area contributed by atoms with Crippen LogP contribution in [0.15, 0.2) is 41.5 Å². The zero-order chi connectivity index (χ0) is 20.8. The van der Waals surface area contributed by atoms with Crippen LogP contribution < -0.4 is 25.0 Å². The lowest BCUT2D eigenvalue weighted by atomic mass is 10.2. The zero-order valence-corrected chi connectivity index (χ0v) is 17.4. The number of aromatic nitrogens is 1. The molecule has 3 rings (SSSR count). The zero-order valence-electron chi connectivity index (χ0n) is 16.6. The summed E-state index contributed by atoms with van der Waals surface area (Å²) in [7, 11) is 4.63. The number of carbonyl (C=O) groups is 1. The van der Waals surface area contributed by atoms with Gasteiger partial charge in [0.25, 0.3) is 5.91 Å². The van der Waals surface area contributed by atoms with E-state index in [2.05, 4.69) is 20.8 Å². The number of fused-ring (bicyclic) bond motifs is 1. The highest BCUT2D eigenvalue weighted by Crippen LogP contribution is 2.33. The molecule has 2 N–H and O–H groups in total. The summed E-state index contributed by atoms with van der Waals surface area (Å²) in [6.07, 6.45) is 1.49. The van der Waals surface area contributed by atoms with Gasteiger partial charge >= 0.3 is 0 Å². The first kappa shape index (κ1) is 20.4. The van der Waals surface area contributed by atoms with Crippen molar-refractivity contribution in [2.75, 3.05) is 26.6 Å². The Morgan fingerprint density at radius 2 is 1.79 bits per heavy atom. The number of methoxy groups -OCH3 is 3. The molecule has 152 valence electrons. The molecule has 0 bridgehead atoms. The van der Waals surface area contributed by atoms with Gasteiger partial charge in [0.1, 0.15) is 11.8 Å². The number of hydrazone groups is 1. The normalized spacial score (nSPS) is 12.0. The van der Waals surface area contributed by atoms with E-state index in [9.17, 15) is 4.79 Å². The summed E-state index contributed by atoms with van der Waals surface area (Å²) in [4.78, 5) is 16.8. The molecule has 3 aromatic rings. The van der Waals surface area contributed by atoms with Crippen molar-refractivity contribution in [1.29, 1.82) is 0 Å². The summed E-state index contributed by atoms with van der Waals surface area (Å²) >= 11 is 1.49. The number of carbonyl (C=O) groups excluding carboxylic acids is 1. The number of nitrogens with zero attached hydrogens (tertiary/aromatic N) is 2. The van der Waals surface area contributed by atoms with Crippen LogP contribution in [-0.4, -0.2) is 44.5 Å². The van der Waals surface area contributed by atoms with Crippen molar-refractivity contribution in [3.63, 3.8) is 0 Å². The monoisotopic (exact) mass is 414 g/mol. The van der Waals surface area contributed by atoms with Crippen LogP contribution in [0.2, 0.25) is 0 Å². The highest BCUT2D eigenvalue weighted by molar-refractivity contribution is 7.22. The van der Waals surface area contributed by atoms with Crippen molar-refractivity contribution < 1.29 is 19.0 Å². The molecule has 1 amide bonds. The Morgan fingerprint density at radius 1 is 1.10 bits per heavy atom. The molecule has 0 aliphatic heterocycles. The van der Waals surface area contributed by atoms with Gasteiger partial charge in [-0.25, -0.2) is 10.4 Å². The topological polar surface area (TPSA) is 94.1 Å². The molecular weight excluding hydrogens is 392 g/mol. The number of anilines is 1. The van der Waals surface area contributed by atoms with Crippen LogP contribution in [0.4, 0.5) is 5.13 Å². The number of para-hydroxylation sites is 1. The molecule has 2 aromatic carbocycles. The van der Waals surface area contributed by atoms with Crippen molar-refractivity contribution >= 4 is 38.8 Å². The van der Waals surface area contributed by atoms with Crippen molar-refractivity contribution in [3.05, 3.63) is 42.0 Å². The molecule has 29 heavy (non-hydrogen) atoms. The maximum Gasteiger partial charge on any atom is 0.262 e. The van der Waals surface area contributed by atoms with Gasteiger partial charge in [-0.15, -0.1) is 0 Å². The number of amides is 1. The Morgan fingerprint density at radius 3 is 2.48 bits per heavy atom. The summed E-state index contributed by atoms with van der Waals surface area (Å²) in [5.74, 6) is 1.33. The molecule has 0 aliphatic carbocycles. The third-order valence-electron chi connectivity index (χ3n) is 4.14. The molecule has 0 saturated heterocycles. The van der Waals surface area contributed by atoms with E-state index in [1.807, 2.05) is 24.3 Å². The molecule has 0 unspecified atom stereocenters. The van der Waals surface area contributed by atoms with E-state index < -0.39 is 6.04 Å². The smallest absolute Gasteiger partial charge is 0.262 e. The predicted molar refractivity (Wildman–Crippen MR) is 115 cm³/mol. The van der Waals surface area contributed by atoms with Gasteiger partial charge in [-0.2, -0.15) is 5.10 Å². The maximum absolute atomic E-state index is 12.3. The van der Waals surface area contributed by atoms with Crippen molar-refractivity contribution in [2.24, 2.45) is 5.10 Å². The van der Waals surface area contributed by atoms with Gasteiger partial charge in [-0.3, -0.25) is 4.79 Å². The van der Waals surface area contributed by atoms with E-state index in [0.29, 0.717) is 27.9 Å². The van der Waals surface area contributed by atoms with Crippen molar-refractivity contribution in [2.45, 2.75) is 13.0 Å². The fraction of sp³-hybridized carbons (Fsp3) is 0.250. The summed E-state index contributed by atoms with van der Waals surface area (Å²) in [5, 5.41) is 7.80. The highest BCUT2D eigenvalue weighted by Gasteiger charge is 2.15. The lowest BCUT2D eigenvalue weighted by molar-refractivity contribution is -0.121. The summed E-state index contributed by atoms with van der Waals surface area (Å²) < 4.78 is 16.9. The average Bonchev–Trinajstić information content (AvgIpc) is 3.15. The van der Waals surface area contributed by atoms with E-state index in [-0.39, 0.29) is 5.91 Å². The Bertz CT molecular complexity index is 1000. The molecule has 0 spiro atoms. The molecule has 0 aliphatic rings. The quantitative estimate of drug-likeness (QED) is 0.434. The second-order valence-corrected chi connectivity index (χ2v) is 7.07. The third-order valence-corrected chi connectivity index (χ3v) is 5.11. The van der Waals surface area contributed by atoms with Gasteiger partial charge in [-0.1, -0.05) is 23.5 Å². The maximum atomic E-state index is 12.3. The van der Waals surface area contributed by atoms with E-state index in [0.717, 1.165) is 10.2 Å². The van der Waals surface area contributed by atoms with Gasteiger partial charge in [0.2, 0.25) is 0 Å². The summed E-state index contributed by atoms with van der Waals surface area (Å²) in [6.45, 7) is 1.74. The first-order chi connectivity index (χ1) is 14.0. The number of thiazole rings is 1. The van der Waals surface area contributed by atoms with Crippen molar-refractivity contribution in [1.82, 2.24) is 10.4 Å². The molecule has 1 atom stereocenters. The van der Waals surface area contributed by atoms with E-state index in [1.165, 1.54) is 17.6 Å². The van der Waals surface area contributed by atoms with Crippen LogP contribution in [0.5, 0.6) is 17.2 Å². The average molecular weight is 414 g/mol. The fourth-order valence-electron chi connectivity index (χ4n) is 2.60. The van der Waals surface area contributed by atoms with Crippen LogP contribution in [0, 0.1) is 0 Å². The first-order valence-corrected chi connectivity index (χ1v) is 9.62. The van der Waals surface area contributed by atoms with Gasteiger partial charge in [0, 0.05) is 11.6 Å². The number of nitrogens with one attached hydrogen (secondary N) is 2. The first-order valence-electron chi connectivity index (χ1n) is 8.80. The van der Waals surface area contributed by atoms with E-state index in [4.69, 9.17) is 14.2 Å². The molecule has 8 nitrogen and oxygen atoms in total. The molecule has 1 heterocycles. The van der Waals surface area contributed by atoms with Crippen LogP contribution in [-0.2, 0) is 4.79 Å². The molecule has 1 aromatic heterocycles. The van der Waals surface area contributed by atoms with E-state index in [1.54, 1.807) is 40.4 Å². The molecule has 9 heteroatoms. The Balaban J connectivity index is 1.65. The molecule has 0 radical (unpaired) electrons. The summed E-state index contributed by atoms with van der Waals surface area (Å²) in [6, 6.07) is 10.7. The standard InChI is InChI=1S/C20H22N4O4S/c1-12(22-20-23-14-7-5-6-8-18(14)29-20)19(25)24-21-11-13-9-16(27-3)17(28-4)10-15(13)26-2/h5-12H,1-4H3,(H,22,23)(H,24,25)/b21-11-/t12-/m0/s1. The Kier molecular flexibility index (Phi) is 6.50. The SMILES string of the molecule is COc1cc(OC)c(OC)cc1/C=N\NC(=O)[C@H](C)Nc1nc2ccccc2s1. The van der Waals surface area contributed by atoms with Crippen molar-refractivity contribution in [3.8, 4) is 17.2 Å². The molecule has 0 fully saturated rings. The van der Waals surface area contributed by atoms with Crippen LogP contribution in [0.3, 0.4) is 0 Å². The second kappa shape index (κ2) is 9.24. The number of benzene rings is 2. The van der Waals surface area contributed by atoms with Gasteiger partial charge < -0.3 is 19.5 Å². The lowest BCUT2D eigenvalue weighted by Gasteiger charge is -2.12. The van der Waals surface area contributed by atoms with Crippen LogP contribution >= 0.6 is 11.3 Å². The minimum absolute atomic E-state index is 0.292. The Hall–Kier alpha value is -3.33. The van der Waals surface area contributed by atoms with Gasteiger partial charge in [0.15, 0.2) is 16.6 Å². The second-order valence-electron chi connectivity index (χ2n) is 6.04. The Labute approximate surface area is 172 Å². The number of hydrogen-bond donors (Lipinski definition) is 2. The van der Waals surface area contributed by atoms with Crippen LogP contribution in [0.25, 0.3) is 10.2 Å². The van der Waals surface area contributed by atoms with E-state index >= 15 is 0 Å². The largest absolute Gasteiger partial charge is 0.496 e. The van der Waals surface area contributed by atoms with Crippen LogP contribution in [0.1, 0.15) is 12.5 Å². The third kappa shape index (κ3) is 4.75. The summed E-state index contributed by atoms with van der Waals surface area (Å²) in [5.41, 5.74) is 4.05. The number of ether oxygens (including phenoxy) is 3. The fourth-order valence-corrected chi connectivity index (χ4v) is 3.55. The van der Waals surface area contributed by atoms with Gasteiger partial charge in [-0.05, 0) is 25.1 Å².